The highest BCUT2D eigenvalue weighted by Gasteiger charge is 2.70. The van der Waals surface area contributed by atoms with E-state index in [4.69, 9.17) is 4.74 Å². The van der Waals surface area contributed by atoms with Gasteiger partial charge in [-0.2, -0.15) is 0 Å². The maximum Gasteiger partial charge on any atom is 0.302 e. The van der Waals surface area contributed by atoms with Crippen LogP contribution < -0.4 is 0 Å². The van der Waals surface area contributed by atoms with Gasteiger partial charge in [0, 0.05) is 29.6 Å². The number of esters is 1. The molecule has 8 unspecified atom stereocenters. The first kappa shape index (κ1) is 19.2. The minimum atomic E-state index is -1.45. The molecule has 0 aromatic rings. The van der Waals surface area contributed by atoms with Crippen LogP contribution in [0.1, 0.15) is 53.4 Å². The van der Waals surface area contributed by atoms with Crippen LogP contribution in [-0.2, 0) is 9.53 Å². The molecule has 3 fully saturated rings. The predicted octanol–water partition coefficient (Wildman–Crippen LogP) is 2.35. The Hall–Kier alpha value is -1.17. The summed E-state index contributed by atoms with van der Waals surface area (Å²) in [5, 5.41) is 33.7. The Bertz CT molecular complexity index is 724. The quantitative estimate of drug-likeness (QED) is 0.483. The fraction of sp³-hybridized carbons (Fsp3) is 0.773. The summed E-state index contributed by atoms with van der Waals surface area (Å²) in [6, 6.07) is 0. The number of aliphatic hydroxyl groups is 3. The van der Waals surface area contributed by atoms with Crippen LogP contribution in [0.3, 0.4) is 0 Å². The Labute approximate surface area is 161 Å². The van der Waals surface area contributed by atoms with E-state index in [1.165, 1.54) is 12.5 Å². The second-order valence-electron chi connectivity index (χ2n) is 9.91. The van der Waals surface area contributed by atoms with Crippen LogP contribution in [0, 0.1) is 28.6 Å². The summed E-state index contributed by atoms with van der Waals surface area (Å²) in [4.78, 5) is 11.9. The Balaban J connectivity index is 1.85. The first-order valence-corrected chi connectivity index (χ1v) is 10.1. The largest absolute Gasteiger partial charge is 0.461 e. The maximum absolute atomic E-state index is 11.9. The van der Waals surface area contributed by atoms with Crippen molar-refractivity contribution in [1.82, 2.24) is 0 Å². The number of carbonyl (C=O) groups excluding carboxylic acids is 1. The van der Waals surface area contributed by atoms with Crippen molar-refractivity contribution in [3.05, 3.63) is 23.8 Å². The minimum Gasteiger partial charge on any atom is -0.461 e. The molecule has 3 N–H and O–H groups in total. The average molecular weight is 376 g/mol. The van der Waals surface area contributed by atoms with E-state index in [0.29, 0.717) is 12.8 Å². The van der Waals surface area contributed by atoms with Crippen LogP contribution in [-0.4, -0.2) is 45.2 Å². The molecule has 0 amide bonds. The van der Waals surface area contributed by atoms with Crippen LogP contribution in [0.2, 0.25) is 0 Å². The molecule has 5 heteroatoms. The zero-order valence-corrected chi connectivity index (χ0v) is 16.7. The molecule has 2 bridgehead atoms. The molecule has 1 spiro atoms. The average Bonchev–Trinajstić information content (AvgIpc) is 2.81. The van der Waals surface area contributed by atoms with Crippen molar-refractivity contribution in [1.29, 1.82) is 0 Å². The van der Waals surface area contributed by atoms with Gasteiger partial charge in [-0.1, -0.05) is 37.6 Å². The third-order valence-corrected chi connectivity index (χ3v) is 8.49. The first-order valence-electron chi connectivity index (χ1n) is 10.1. The van der Waals surface area contributed by atoms with Gasteiger partial charge in [-0.15, -0.1) is 0 Å². The molecule has 0 heterocycles. The van der Waals surface area contributed by atoms with E-state index in [-0.39, 0.29) is 29.8 Å². The molecule has 8 atom stereocenters. The predicted molar refractivity (Wildman–Crippen MR) is 101 cm³/mol. The number of fused-ring (bicyclic) bond motifs is 2. The smallest absolute Gasteiger partial charge is 0.302 e. The molecule has 0 radical (unpaired) electrons. The summed E-state index contributed by atoms with van der Waals surface area (Å²) in [6.45, 7) is 11.5. The second-order valence-corrected chi connectivity index (χ2v) is 9.91. The van der Waals surface area contributed by atoms with E-state index < -0.39 is 28.6 Å². The van der Waals surface area contributed by atoms with Gasteiger partial charge in [0.15, 0.2) is 0 Å². The molecule has 150 valence electrons. The Morgan fingerprint density at radius 2 is 1.89 bits per heavy atom. The standard InChI is InChI=1S/C22H32O5/c1-11-9-21-10-18(25)22(26)16(8-17(24)20(22,4)5)12(2)15(21)7-6-14(11)19(21)27-13(3)23/h9,14-19,24-26H,2,6-8,10H2,1,3-5H3. The molecule has 4 aliphatic carbocycles. The SMILES string of the molecule is C=C1C2CCC3C(C)=CC2(CC(O)C2(O)C1CC(O)C2(C)C)C3OC(C)=O. The highest BCUT2D eigenvalue weighted by Crippen LogP contribution is 2.66. The molecular formula is C22H32O5. The lowest BCUT2D eigenvalue weighted by molar-refractivity contribution is -0.178. The highest BCUT2D eigenvalue weighted by atomic mass is 16.5. The molecule has 5 nitrogen and oxygen atoms in total. The second kappa shape index (κ2) is 5.68. The van der Waals surface area contributed by atoms with Crippen molar-refractivity contribution in [3.8, 4) is 0 Å². The lowest BCUT2D eigenvalue weighted by Gasteiger charge is -2.47. The van der Waals surface area contributed by atoms with Crippen LogP contribution in [0.5, 0.6) is 0 Å². The van der Waals surface area contributed by atoms with Gasteiger partial charge >= 0.3 is 5.97 Å². The van der Waals surface area contributed by atoms with E-state index in [9.17, 15) is 20.1 Å². The topological polar surface area (TPSA) is 87.0 Å². The highest BCUT2D eigenvalue weighted by molar-refractivity contribution is 5.66. The number of aliphatic hydroxyl groups excluding tert-OH is 2. The number of rotatable bonds is 1. The summed E-state index contributed by atoms with van der Waals surface area (Å²) in [6.07, 6.45) is 2.64. The van der Waals surface area contributed by atoms with Gasteiger partial charge in [-0.05, 0) is 38.5 Å². The Morgan fingerprint density at radius 1 is 1.22 bits per heavy atom. The van der Waals surface area contributed by atoms with Crippen molar-refractivity contribution >= 4 is 5.97 Å². The van der Waals surface area contributed by atoms with E-state index in [0.717, 1.165) is 18.4 Å². The molecule has 3 saturated carbocycles. The summed E-state index contributed by atoms with van der Waals surface area (Å²) in [5.41, 5.74) is -0.744. The molecule has 4 aliphatic rings. The number of hydrogen-bond donors (Lipinski definition) is 3. The van der Waals surface area contributed by atoms with E-state index in [1.54, 1.807) is 0 Å². The first-order chi connectivity index (χ1) is 12.5. The Morgan fingerprint density at radius 3 is 2.52 bits per heavy atom. The lowest BCUT2D eigenvalue weighted by Crippen LogP contribution is -2.57. The summed E-state index contributed by atoms with van der Waals surface area (Å²) in [5.74, 6) is -0.500. The van der Waals surface area contributed by atoms with Crippen molar-refractivity contribution in [3.63, 3.8) is 0 Å². The molecule has 0 saturated heterocycles. The molecule has 4 rings (SSSR count). The fourth-order valence-electron chi connectivity index (χ4n) is 6.98. The molecule has 0 aromatic carbocycles. The normalized spacial score (nSPS) is 50.5. The van der Waals surface area contributed by atoms with Gasteiger partial charge in [0.2, 0.25) is 0 Å². The van der Waals surface area contributed by atoms with E-state index in [2.05, 4.69) is 19.6 Å². The van der Waals surface area contributed by atoms with Gasteiger partial charge in [0.1, 0.15) is 11.7 Å². The zero-order valence-electron chi connectivity index (χ0n) is 16.7. The Kier molecular flexibility index (Phi) is 4.03. The van der Waals surface area contributed by atoms with E-state index in [1.807, 2.05) is 13.8 Å². The third kappa shape index (κ3) is 2.19. The van der Waals surface area contributed by atoms with Crippen LogP contribution in [0.15, 0.2) is 23.8 Å². The monoisotopic (exact) mass is 376 g/mol. The lowest BCUT2D eigenvalue weighted by atomic mass is 9.60. The van der Waals surface area contributed by atoms with Crippen LogP contribution in [0.25, 0.3) is 0 Å². The molecular weight excluding hydrogens is 344 g/mol. The number of ether oxygens (including phenoxy) is 1. The van der Waals surface area contributed by atoms with Crippen molar-refractivity contribution in [2.75, 3.05) is 0 Å². The third-order valence-electron chi connectivity index (χ3n) is 8.49. The maximum atomic E-state index is 11.9. The summed E-state index contributed by atoms with van der Waals surface area (Å²) >= 11 is 0. The molecule has 27 heavy (non-hydrogen) atoms. The molecule has 0 aliphatic heterocycles. The van der Waals surface area contributed by atoms with Gasteiger partial charge in [-0.25, -0.2) is 0 Å². The van der Waals surface area contributed by atoms with Crippen LogP contribution >= 0.6 is 0 Å². The number of carbonyl (C=O) groups is 1. The van der Waals surface area contributed by atoms with Gasteiger partial charge in [-0.3, -0.25) is 4.79 Å². The summed E-state index contributed by atoms with van der Waals surface area (Å²) < 4.78 is 5.81. The van der Waals surface area contributed by atoms with Crippen molar-refractivity contribution in [2.24, 2.45) is 28.6 Å². The van der Waals surface area contributed by atoms with Gasteiger partial charge in [0.25, 0.3) is 0 Å². The van der Waals surface area contributed by atoms with Gasteiger partial charge in [0.05, 0.1) is 12.2 Å². The minimum absolute atomic E-state index is 0.0188. The fourth-order valence-corrected chi connectivity index (χ4v) is 6.98. The van der Waals surface area contributed by atoms with Crippen molar-refractivity contribution in [2.45, 2.75) is 77.3 Å². The van der Waals surface area contributed by atoms with Crippen molar-refractivity contribution < 1.29 is 24.9 Å². The van der Waals surface area contributed by atoms with Crippen LogP contribution in [0.4, 0.5) is 0 Å². The summed E-state index contributed by atoms with van der Waals surface area (Å²) in [7, 11) is 0. The van der Waals surface area contributed by atoms with E-state index >= 15 is 0 Å². The molecule has 0 aromatic heterocycles. The van der Waals surface area contributed by atoms with Gasteiger partial charge < -0.3 is 20.1 Å². The zero-order chi connectivity index (χ0) is 19.9. The number of hydrogen-bond acceptors (Lipinski definition) is 5.